The lowest BCUT2D eigenvalue weighted by atomic mass is 10.2. The number of anilines is 2. The summed E-state index contributed by atoms with van der Waals surface area (Å²) >= 11 is 7.03. The molecule has 9 nitrogen and oxygen atoms in total. The molecule has 32 heavy (non-hydrogen) atoms. The molecule has 1 heterocycles. The number of halogens is 1. The van der Waals surface area contributed by atoms with Gasteiger partial charge in [-0.3, -0.25) is 14.9 Å². The number of benzene rings is 2. The number of hydrogen-bond acceptors (Lipinski definition) is 7. The third-order valence-corrected chi connectivity index (χ3v) is 6.19. The van der Waals surface area contributed by atoms with Crippen molar-refractivity contribution in [3.8, 4) is 11.4 Å². The molecule has 0 radical (unpaired) electrons. The van der Waals surface area contributed by atoms with E-state index in [4.69, 9.17) is 11.6 Å². The molecule has 1 aromatic heterocycles. The van der Waals surface area contributed by atoms with Crippen molar-refractivity contribution in [2.24, 2.45) is 7.05 Å². The smallest absolute Gasteiger partial charge is 0.289 e. The molecule has 11 heteroatoms. The van der Waals surface area contributed by atoms with Crippen LogP contribution >= 0.6 is 23.4 Å². The van der Waals surface area contributed by atoms with Crippen LogP contribution in [0.2, 0.25) is 5.02 Å². The van der Waals surface area contributed by atoms with E-state index in [9.17, 15) is 14.9 Å². The molecule has 1 amide bonds. The van der Waals surface area contributed by atoms with E-state index in [1.54, 1.807) is 0 Å². The molecule has 0 aliphatic rings. The number of thioether (sulfide) groups is 1. The first-order valence-electron chi connectivity index (χ1n) is 9.95. The fourth-order valence-electron chi connectivity index (χ4n) is 3.16. The van der Waals surface area contributed by atoms with Gasteiger partial charge in [0.2, 0.25) is 5.91 Å². The van der Waals surface area contributed by atoms with E-state index >= 15 is 0 Å². The average Bonchev–Trinajstić information content (AvgIpc) is 3.15. The van der Waals surface area contributed by atoms with E-state index < -0.39 is 4.92 Å². The third kappa shape index (κ3) is 5.38. The molecular formula is C21H23ClN6O3S. The highest BCUT2D eigenvalue weighted by Crippen LogP contribution is 2.28. The summed E-state index contributed by atoms with van der Waals surface area (Å²) in [6.45, 7) is 6.11. The molecular weight excluding hydrogens is 452 g/mol. The van der Waals surface area contributed by atoms with E-state index in [1.165, 1.54) is 30.0 Å². The Balaban J connectivity index is 1.64. The second kappa shape index (κ2) is 10.5. The number of nitro groups is 1. The minimum absolute atomic E-state index is 0.0131. The van der Waals surface area contributed by atoms with Crippen molar-refractivity contribution < 1.29 is 9.72 Å². The number of aromatic nitrogens is 3. The zero-order chi connectivity index (χ0) is 23.3. The predicted octanol–water partition coefficient (Wildman–Crippen LogP) is 4.62. The number of nitro benzene ring substituents is 1. The Morgan fingerprint density at radius 3 is 2.50 bits per heavy atom. The SMILES string of the molecule is CCN(CC)c1ccc(-c2nnc(SCC(=O)Nc3ccc(Cl)c([N+](=O)[O-])c3)n2C)cc1. The first kappa shape index (κ1) is 23.6. The number of carbonyl (C=O) groups is 1. The fraction of sp³-hybridized carbons (Fsp3) is 0.286. The Morgan fingerprint density at radius 2 is 1.88 bits per heavy atom. The summed E-state index contributed by atoms with van der Waals surface area (Å²) in [5, 5.41) is 22.7. The van der Waals surface area contributed by atoms with Gasteiger partial charge in [0.05, 0.1) is 10.7 Å². The van der Waals surface area contributed by atoms with Crippen LogP contribution in [0.1, 0.15) is 13.8 Å². The standard InChI is InChI=1S/C21H23ClN6O3S/c1-4-27(5-2)16-9-6-14(7-10-16)20-24-25-21(26(20)3)32-13-19(29)23-15-8-11-17(22)18(12-15)28(30)31/h6-12H,4-5,13H2,1-3H3,(H,23,29). The summed E-state index contributed by atoms with van der Waals surface area (Å²) in [5.41, 5.74) is 2.12. The van der Waals surface area contributed by atoms with E-state index in [2.05, 4.69) is 46.4 Å². The van der Waals surface area contributed by atoms with E-state index in [-0.39, 0.29) is 22.4 Å². The van der Waals surface area contributed by atoms with Gasteiger partial charge in [-0.05, 0) is 50.2 Å². The van der Waals surface area contributed by atoms with Gasteiger partial charge in [-0.25, -0.2) is 0 Å². The molecule has 3 rings (SSSR count). The average molecular weight is 475 g/mol. The van der Waals surface area contributed by atoms with Crippen molar-refractivity contribution in [1.29, 1.82) is 0 Å². The predicted molar refractivity (Wildman–Crippen MR) is 127 cm³/mol. The zero-order valence-corrected chi connectivity index (χ0v) is 19.5. The Kier molecular flexibility index (Phi) is 7.70. The fourth-order valence-corrected chi connectivity index (χ4v) is 4.06. The lowest BCUT2D eigenvalue weighted by molar-refractivity contribution is -0.384. The highest BCUT2D eigenvalue weighted by atomic mass is 35.5. The molecule has 1 N–H and O–H groups in total. The van der Waals surface area contributed by atoms with Crippen molar-refractivity contribution in [2.45, 2.75) is 19.0 Å². The van der Waals surface area contributed by atoms with Crippen LogP contribution in [0.4, 0.5) is 17.1 Å². The monoisotopic (exact) mass is 474 g/mol. The molecule has 0 aliphatic carbocycles. The minimum Gasteiger partial charge on any atom is -0.372 e. The van der Waals surface area contributed by atoms with Gasteiger partial charge in [0, 0.05) is 43.1 Å². The molecule has 168 valence electrons. The highest BCUT2D eigenvalue weighted by molar-refractivity contribution is 7.99. The number of amides is 1. The van der Waals surface area contributed by atoms with Crippen molar-refractivity contribution >= 4 is 46.3 Å². The van der Waals surface area contributed by atoms with Gasteiger partial charge in [0.1, 0.15) is 5.02 Å². The second-order valence-corrected chi connectivity index (χ2v) is 8.19. The van der Waals surface area contributed by atoms with Crippen molar-refractivity contribution in [1.82, 2.24) is 14.8 Å². The van der Waals surface area contributed by atoms with E-state index in [0.29, 0.717) is 16.7 Å². The van der Waals surface area contributed by atoms with Crippen LogP contribution in [-0.4, -0.2) is 44.4 Å². The van der Waals surface area contributed by atoms with Crippen LogP contribution in [0.25, 0.3) is 11.4 Å². The van der Waals surface area contributed by atoms with Gasteiger partial charge < -0.3 is 14.8 Å². The summed E-state index contributed by atoms with van der Waals surface area (Å²) in [5.74, 6) is 0.454. The van der Waals surface area contributed by atoms with E-state index in [0.717, 1.165) is 24.3 Å². The van der Waals surface area contributed by atoms with Gasteiger partial charge in [0.25, 0.3) is 5.69 Å². The van der Waals surface area contributed by atoms with Gasteiger partial charge in [0.15, 0.2) is 11.0 Å². The Morgan fingerprint density at radius 1 is 1.19 bits per heavy atom. The molecule has 0 spiro atoms. The van der Waals surface area contributed by atoms with Gasteiger partial charge in [-0.2, -0.15) is 0 Å². The normalized spacial score (nSPS) is 10.8. The molecule has 0 aliphatic heterocycles. The molecule has 0 fully saturated rings. The summed E-state index contributed by atoms with van der Waals surface area (Å²) < 4.78 is 1.83. The second-order valence-electron chi connectivity index (χ2n) is 6.84. The van der Waals surface area contributed by atoms with Crippen molar-refractivity contribution in [3.05, 3.63) is 57.6 Å². The van der Waals surface area contributed by atoms with Crippen LogP contribution in [-0.2, 0) is 11.8 Å². The summed E-state index contributed by atoms with van der Waals surface area (Å²) in [6.07, 6.45) is 0. The van der Waals surface area contributed by atoms with Crippen LogP contribution in [0, 0.1) is 10.1 Å². The molecule has 2 aromatic carbocycles. The third-order valence-electron chi connectivity index (χ3n) is 4.85. The van der Waals surface area contributed by atoms with Crippen molar-refractivity contribution in [2.75, 3.05) is 29.1 Å². The maximum Gasteiger partial charge on any atom is 0.289 e. The maximum atomic E-state index is 12.3. The largest absolute Gasteiger partial charge is 0.372 e. The maximum absolute atomic E-state index is 12.3. The minimum atomic E-state index is -0.595. The van der Waals surface area contributed by atoms with Crippen LogP contribution in [0.15, 0.2) is 47.6 Å². The molecule has 0 saturated carbocycles. The molecule has 0 bridgehead atoms. The first-order valence-corrected chi connectivity index (χ1v) is 11.3. The number of hydrogen-bond donors (Lipinski definition) is 1. The van der Waals surface area contributed by atoms with Gasteiger partial charge >= 0.3 is 0 Å². The van der Waals surface area contributed by atoms with Crippen LogP contribution in [0.5, 0.6) is 0 Å². The Labute approximate surface area is 194 Å². The van der Waals surface area contributed by atoms with E-state index in [1.807, 2.05) is 23.7 Å². The summed E-state index contributed by atoms with van der Waals surface area (Å²) in [6, 6.07) is 12.2. The molecule has 0 saturated heterocycles. The lowest BCUT2D eigenvalue weighted by Crippen LogP contribution is -2.21. The Bertz CT molecular complexity index is 1120. The molecule has 0 atom stereocenters. The summed E-state index contributed by atoms with van der Waals surface area (Å²) in [4.78, 5) is 25.0. The van der Waals surface area contributed by atoms with Crippen molar-refractivity contribution in [3.63, 3.8) is 0 Å². The number of nitrogens with zero attached hydrogens (tertiary/aromatic N) is 5. The summed E-state index contributed by atoms with van der Waals surface area (Å²) in [7, 11) is 1.84. The van der Waals surface area contributed by atoms with Gasteiger partial charge in [-0.15, -0.1) is 10.2 Å². The van der Waals surface area contributed by atoms with Gasteiger partial charge in [-0.1, -0.05) is 23.4 Å². The molecule has 0 unspecified atom stereocenters. The van der Waals surface area contributed by atoms with Crippen LogP contribution < -0.4 is 10.2 Å². The lowest BCUT2D eigenvalue weighted by Gasteiger charge is -2.21. The highest BCUT2D eigenvalue weighted by Gasteiger charge is 2.16. The number of rotatable bonds is 9. The number of nitrogens with one attached hydrogen (secondary N) is 1. The quantitative estimate of drug-likeness (QED) is 0.274. The first-order chi connectivity index (χ1) is 15.3. The molecule has 3 aromatic rings. The zero-order valence-electron chi connectivity index (χ0n) is 17.9. The van der Waals surface area contributed by atoms with Crippen LogP contribution in [0.3, 0.4) is 0 Å². The number of carbonyl (C=O) groups excluding carboxylic acids is 1. The Hall–Kier alpha value is -3.11. The topological polar surface area (TPSA) is 106 Å².